The van der Waals surface area contributed by atoms with E-state index in [-0.39, 0.29) is 6.04 Å². The van der Waals surface area contributed by atoms with Crippen molar-refractivity contribution in [3.05, 3.63) is 51.7 Å². The van der Waals surface area contributed by atoms with E-state index in [9.17, 15) is 9.59 Å². The Morgan fingerprint density at radius 3 is 2.60 bits per heavy atom. The summed E-state index contributed by atoms with van der Waals surface area (Å²) in [6.45, 7) is 2.44. The summed E-state index contributed by atoms with van der Waals surface area (Å²) in [6.07, 6.45) is 2.34. The predicted molar refractivity (Wildman–Crippen MR) is 101 cm³/mol. The first-order valence-corrected chi connectivity index (χ1v) is 9.57. The van der Waals surface area contributed by atoms with Crippen LogP contribution < -0.4 is 10.6 Å². The van der Waals surface area contributed by atoms with Gasteiger partial charge in [-0.25, -0.2) is 0 Å². The van der Waals surface area contributed by atoms with Gasteiger partial charge in [-0.2, -0.15) is 11.3 Å². The summed E-state index contributed by atoms with van der Waals surface area (Å²) in [5, 5.41) is 9.83. The minimum atomic E-state index is -0.710. The molecule has 0 bridgehead atoms. The van der Waals surface area contributed by atoms with Crippen molar-refractivity contribution in [3.8, 4) is 0 Å². The number of amides is 2. The van der Waals surface area contributed by atoms with Crippen LogP contribution in [0.3, 0.4) is 0 Å². The fourth-order valence-electron chi connectivity index (χ4n) is 2.99. The Morgan fingerprint density at radius 1 is 1.16 bits per heavy atom. The van der Waals surface area contributed by atoms with Gasteiger partial charge in [0.2, 0.25) is 0 Å². The van der Waals surface area contributed by atoms with Crippen LogP contribution in [0.15, 0.2) is 41.1 Å². The average Bonchev–Trinajstić information content (AvgIpc) is 3.31. The first-order valence-electron chi connectivity index (χ1n) is 8.25. The second-order valence-corrected chi connectivity index (χ2v) is 7.15. The molecular formula is C18H20ClN3O2S. The van der Waals surface area contributed by atoms with Crippen molar-refractivity contribution >= 4 is 40.4 Å². The smallest absolute Gasteiger partial charge is 0.313 e. The van der Waals surface area contributed by atoms with Crippen LogP contribution in [0, 0.1) is 0 Å². The predicted octanol–water partition coefficient (Wildman–Crippen LogP) is 3.29. The summed E-state index contributed by atoms with van der Waals surface area (Å²) in [4.78, 5) is 26.6. The van der Waals surface area contributed by atoms with Gasteiger partial charge in [0.05, 0.1) is 16.8 Å². The normalized spacial score (nSPS) is 15.7. The number of halogens is 1. The zero-order valence-corrected chi connectivity index (χ0v) is 15.3. The van der Waals surface area contributed by atoms with E-state index in [4.69, 9.17) is 11.6 Å². The van der Waals surface area contributed by atoms with Crippen molar-refractivity contribution < 1.29 is 9.59 Å². The lowest BCUT2D eigenvalue weighted by Crippen LogP contribution is -2.41. The lowest BCUT2D eigenvalue weighted by atomic mass is 10.1. The van der Waals surface area contributed by atoms with E-state index >= 15 is 0 Å². The van der Waals surface area contributed by atoms with Crippen LogP contribution in [0.1, 0.15) is 24.4 Å². The highest BCUT2D eigenvalue weighted by molar-refractivity contribution is 7.08. The zero-order valence-electron chi connectivity index (χ0n) is 13.7. The Balaban J connectivity index is 1.59. The van der Waals surface area contributed by atoms with Gasteiger partial charge in [-0.15, -0.1) is 0 Å². The number of anilines is 1. The molecule has 0 aliphatic carbocycles. The second kappa shape index (κ2) is 8.47. The molecule has 2 N–H and O–H groups in total. The number of carbonyl (C=O) groups excluding carboxylic acids is 2. The Kier molecular flexibility index (Phi) is 6.07. The fourth-order valence-corrected chi connectivity index (χ4v) is 3.88. The Bertz CT molecular complexity index is 730. The molecule has 0 spiro atoms. The highest BCUT2D eigenvalue weighted by atomic mass is 35.5. The number of nitrogens with one attached hydrogen (secondary N) is 2. The van der Waals surface area contributed by atoms with Crippen LogP contribution >= 0.6 is 22.9 Å². The van der Waals surface area contributed by atoms with E-state index in [1.165, 1.54) is 18.4 Å². The third kappa shape index (κ3) is 4.60. The molecule has 1 atom stereocenters. The molecule has 0 saturated carbocycles. The van der Waals surface area contributed by atoms with Gasteiger partial charge in [-0.1, -0.05) is 23.7 Å². The Hall–Kier alpha value is -1.89. The van der Waals surface area contributed by atoms with Gasteiger partial charge >= 0.3 is 11.8 Å². The third-order valence-electron chi connectivity index (χ3n) is 4.29. The summed E-state index contributed by atoms with van der Waals surface area (Å²) < 4.78 is 0. The molecule has 5 nitrogen and oxygen atoms in total. The van der Waals surface area contributed by atoms with E-state index in [1.807, 2.05) is 5.38 Å². The zero-order chi connectivity index (χ0) is 17.6. The number of para-hydroxylation sites is 1. The van der Waals surface area contributed by atoms with Crippen LogP contribution in [0.4, 0.5) is 5.69 Å². The standard InChI is InChI=1S/C18H20ClN3O2S/c19-14-5-1-2-6-15(14)21-18(24)17(23)20-11-16(13-7-10-25-12-13)22-8-3-4-9-22/h1-2,5-7,10,12,16H,3-4,8-9,11H2,(H,20,23)(H,21,24). The van der Waals surface area contributed by atoms with Crippen molar-refractivity contribution in [3.63, 3.8) is 0 Å². The monoisotopic (exact) mass is 377 g/mol. The Morgan fingerprint density at radius 2 is 1.92 bits per heavy atom. The number of likely N-dealkylation sites (tertiary alicyclic amines) is 1. The minimum absolute atomic E-state index is 0.103. The van der Waals surface area contributed by atoms with E-state index in [1.54, 1.807) is 35.6 Å². The molecule has 25 heavy (non-hydrogen) atoms. The lowest BCUT2D eigenvalue weighted by Gasteiger charge is -2.27. The molecule has 0 radical (unpaired) electrons. The summed E-state index contributed by atoms with van der Waals surface area (Å²) in [5.41, 5.74) is 1.61. The minimum Gasteiger partial charge on any atom is -0.346 e. The molecule has 2 aromatic rings. The maximum atomic E-state index is 12.2. The number of hydrogen-bond donors (Lipinski definition) is 2. The van der Waals surface area contributed by atoms with Gasteiger partial charge in [0.25, 0.3) is 0 Å². The van der Waals surface area contributed by atoms with Crippen LogP contribution in [-0.4, -0.2) is 36.3 Å². The van der Waals surface area contributed by atoms with Crippen molar-refractivity contribution in [2.45, 2.75) is 18.9 Å². The van der Waals surface area contributed by atoms with E-state index in [0.29, 0.717) is 17.3 Å². The molecule has 132 valence electrons. The third-order valence-corrected chi connectivity index (χ3v) is 5.32. The van der Waals surface area contributed by atoms with E-state index < -0.39 is 11.8 Å². The van der Waals surface area contributed by atoms with Crippen LogP contribution in [0.5, 0.6) is 0 Å². The van der Waals surface area contributed by atoms with Crippen molar-refractivity contribution in [2.24, 2.45) is 0 Å². The number of thiophene rings is 1. The Labute approximate surface area is 156 Å². The molecule has 3 rings (SSSR count). The summed E-state index contributed by atoms with van der Waals surface area (Å²) >= 11 is 7.64. The lowest BCUT2D eigenvalue weighted by molar-refractivity contribution is -0.136. The molecule has 2 heterocycles. The number of rotatable bonds is 5. The van der Waals surface area contributed by atoms with Gasteiger partial charge in [0.1, 0.15) is 0 Å². The molecule has 2 amide bonds. The molecule has 1 aromatic heterocycles. The maximum Gasteiger partial charge on any atom is 0.313 e. The molecule has 1 aromatic carbocycles. The van der Waals surface area contributed by atoms with Crippen molar-refractivity contribution in [1.82, 2.24) is 10.2 Å². The van der Waals surface area contributed by atoms with Gasteiger partial charge in [-0.3, -0.25) is 14.5 Å². The molecule has 1 saturated heterocycles. The summed E-state index contributed by atoms with van der Waals surface area (Å²) in [6, 6.07) is 9.01. The quantitative estimate of drug-likeness (QED) is 0.786. The first kappa shape index (κ1) is 17.9. The van der Waals surface area contributed by atoms with Crippen molar-refractivity contribution in [2.75, 3.05) is 25.0 Å². The topological polar surface area (TPSA) is 61.4 Å². The van der Waals surface area contributed by atoms with E-state index in [0.717, 1.165) is 13.1 Å². The van der Waals surface area contributed by atoms with Crippen LogP contribution in [0.25, 0.3) is 0 Å². The largest absolute Gasteiger partial charge is 0.346 e. The highest BCUT2D eigenvalue weighted by Gasteiger charge is 2.25. The average molecular weight is 378 g/mol. The molecule has 1 aliphatic heterocycles. The van der Waals surface area contributed by atoms with Gasteiger partial charge in [-0.05, 0) is 60.5 Å². The molecule has 7 heteroatoms. The van der Waals surface area contributed by atoms with Gasteiger partial charge < -0.3 is 10.6 Å². The number of nitrogens with zero attached hydrogens (tertiary/aromatic N) is 1. The molecule has 1 aliphatic rings. The van der Waals surface area contributed by atoms with Crippen molar-refractivity contribution in [1.29, 1.82) is 0 Å². The van der Waals surface area contributed by atoms with Gasteiger partial charge in [0.15, 0.2) is 0 Å². The SMILES string of the molecule is O=C(NCC(c1ccsc1)N1CCCC1)C(=O)Nc1ccccc1Cl. The first-order chi connectivity index (χ1) is 12.1. The van der Waals surface area contributed by atoms with Crippen LogP contribution in [-0.2, 0) is 9.59 Å². The molecular weight excluding hydrogens is 358 g/mol. The van der Waals surface area contributed by atoms with Gasteiger partial charge in [0, 0.05) is 6.54 Å². The number of carbonyl (C=O) groups is 2. The van der Waals surface area contributed by atoms with E-state index in [2.05, 4.69) is 27.0 Å². The number of benzene rings is 1. The second-order valence-electron chi connectivity index (χ2n) is 5.96. The molecule has 1 fully saturated rings. The summed E-state index contributed by atoms with van der Waals surface area (Å²) in [7, 11) is 0. The summed E-state index contributed by atoms with van der Waals surface area (Å²) in [5.74, 6) is -1.36. The highest BCUT2D eigenvalue weighted by Crippen LogP contribution is 2.26. The van der Waals surface area contributed by atoms with Crippen LogP contribution in [0.2, 0.25) is 5.02 Å². The maximum absolute atomic E-state index is 12.2. The molecule has 1 unspecified atom stereocenters. The number of hydrogen-bond acceptors (Lipinski definition) is 4. The fraction of sp³-hybridized carbons (Fsp3) is 0.333.